The number of hydrogen-bond acceptors (Lipinski definition) is 3. The summed E-state index contributed by atoms with van der Waals surface area (Å²) < 4.78 is 0. The van der Waals surface area contributed by atoms with Gasteiger partial charge in [0.1, 0.15) is 0 Å². The van der Waals surface area contributed by atoms with Crippen LogP contribution in [0.25, 0.3) is 0 Å². The van der Waals surface area contributed by atoms with Crippen molar-refractivity contribution in [3.8, 4) is 0 Å². The van der Waals surface area contributed by atoms with Gasteiger partial charge >= 0.3 is 6.03 Å². The van der Waals surface area contributed by atoms with E-state index in [0.29, 0.717) is 6.54 Å². The molecule has 1 aromatic carbocycles. The Hall–Kier alpha value is -1.59. The third-order valence-electron chi connectivity index (χ3n) is 4.86. The number of carbonyl (C=O) groups is 1. The lowest BCUT2D eigenvalue weighted by Gasteiger charge is -2.24. The topological polar surface area (TPSA) is 55.8 Å². The Morgan fingerprint density at radius 2 is 1.92 bits per heavy atom. The molecular weight excluding hydrogens is 314 g/mol. The summed E-state index contributed by atoms with van der Waals surface area (Å²) in [7, 11) is 0. The highest BCUT2D eigenvalue weighted by Gasteiger charge is 2.20. The van der Waals surface area contributed by atoms with E-state index in [9.17, 15) is 9.90 Å². The highest BCUT2D eigenvalue weighted by molar-refractivity contribution is 5.74. The first kappa shape index (κ1) is 19.7. The summed E-state index contributed by atoms with van der Waals surface area (Å²) in [6, 6.07) is 10.5. The molecule has 2 rings (SSSR count). The Morgan fingerprint density at radius 1 is 1.16 bits per heavy atom. The van der Waals surface area contributed by atoms with Gasteiger partial charge in [-0.05, 0) is 30.2 Å². The van der Waals surface area contributed by atoms with Crippen molar-refractivity contribution in [2.45, 2.75) is 39.7 Å². The summed E-state index contributed by atoms with van der Waals surface area (Å²) in [6.07, 6.45) is 2.82. The van der Waals surface area contributed by atoms with Crippen LogP contribution in [-0.2, 0) is 6.54 Å². The van der Waals surface area contributed by atoms with Gasteiger partial charge in [-0.15, -0.1) is 0 Å². The van der Waals surface area contributed by atoms with Crippen molar-refractivity contribution in [2.24, 2.45) is 5.41 Å². The molecule has 2 amide bonds. The number of amides is 2. The zero-order valence-electron chi connectivity index (χ0n) is 15.7. The lowest BCUT2D eigenvalue weighted by atomic mass is 9.89. The predicted octanol–water partition coefficient (Wildman–Crippen LogP) is 2.70. The molecule has 140 valence electrons. The second-order valence-corrected chi connectivity index (χ2v) is 7.76. The molecule has 1 aliphatic heterocycles. The molecule has 25 heavy (non-hydrogen) atoms. The minimum absolute atomic E-state index is 0.0448. The summed E-state index contributed by atoms with van der Waals surface area (Å²) in [5, 5.41) is 12.3. The molecule has 0 unspecified atom stereocenters. The fourth-order valence-corrected chi connectivity index (χ4v) is 3.13. The minimum atomic E-state index is -0.0642. The van der Waals surface area contributed by atoms with Gasteiger partial charge in [-0.1, -0.05) is 44.2 Å². The maximum Gasteiger partial charge on any atom is 0.317 e. The average molecular weight is 348 g/mol. The normalized spacial score (nSPS) is 16.5. The lowest BCUT2D eigenvalue weighted by Crippen LogP contribution is -2.42. The standard InChI is InChI=1S/C20H33N3O2/c1-20(2,17-24)10-6-11-21-19(25)23-13-7-12-22(14-15-23)16-18-8-4-3-5-9-18/h3-5,8-9,24H,6-7,10-17H2,1-2H3,(H,21,25). The van der Waals surface area contributed by atoms with Gasteiger partial charge in [-0.25, -0.2) is 4.79 Å². The summed E-state index contributed by atoms with van der Waals surface area (Å²) >= 11 is 0. The number of rotatable bonds is 7. The van der Waals surface area contributed by atoms with Crippen LogP contribution >= 0.6 is 0 Å². The highest BCUT2D eigenvalue weighted by atomic mass is 16.3. The third-order valence-corrected chi connectivity index (χ3v) is 4.86. The molecule has 5 heteroatoms. The van der Waals surface area contributed by atoms with E-state index < -0.39 is 0 Å². The molecule has 0 aromatic heterocycles. The maximum atomic E-state index is 12.4. The van der Waals surface area contributed by atoms with Crippen LogP contribution in [0.4, 0.5) is 4.79 Å². The van der Waals surface area contributed by atoms with Crippen LogP contribution in [0.5, 0.6) is 0 Å². The van der Waals surface area contributed by atoms with Crippen LogP contribution in [0.2, 0.25) is 0 Å². The smallest absolute Gasteiger partial charge is 0.317 e. The molecule has 2 N–H and O–H groups in total. The van der Waals surface area contributed by atoms with E-state index in [2.05, 4.69) is 34.5 Å². The number of aliphatic hydroxyl groups is 1. The Kier molecular flexibility index (Phi) is 7.72. The number of nitrogens with one attached hydrogen (secondary N) is 1. The molecule has 0 saturated carbocycles. The summed E-state index contributed by atoms with van der Waals surface area (Å²) in [5.41, 5.74) is 1.26. The summed E-state index contributed by atoms with van der Waals surface area (Å²) in [6.45, 7) is 9.45. The number of hydrogen-bond donors (Lipinski definition) is 2. The largest absolute Gasteiger partial charge is 0.396 e. The van der Waals surface area contributed by atoms with Gasteiger partial charge in [0.2, 0.25) is 0 Å². The lowest BCUT2D eigenvalue weighted by molar-refractivity contribution is 0.147. The van der Waals surface area contributed by atoms with Crippen molar-refractivity contribution in [3.05, 3.63) is 35.9 Å². The van der Waals surface area contributed by atoms with Crippen molar-refractivity contribution in [2.75, 3.05) is 39.3 Å². The van der Waals surface area contributed by atoms with Crippen molar-refractivity contribution in [3.63, 3.8) is 0 Å². The van der Waals surface area contributed by atoms with Crippen LogP contribution < -0.4 is 5.32 Å². The fourth-order valence-electron chi connectivity index (χ4n) is 3.13. The zero-order chi connectivity index (χ0) is 18.1. The van der Waals surface area contributed by atoms with Crippen molar-refractivity contribution < 1.29 is 9.90 Å². The molecule has 0 radical (unpaired) electrons. The quantitative estimate of drug-likeness (QED) is 0.746. The zero-order valence-corrected chi connectivity index (χ0v) is 15.7. The van der Waals surface area contributed by atoms with Crippen molar-refractivity contribution >= 4 is 6.03 Å². The summed E-state index contributed by atoms with van der Waals surface area (Å²) in [4.78, 5) is 16.7. The molecule has 0 aliphatic carbocycles. The maximum absolute atomic E-state index is 12.4. The number of benzene rings is 1. The van der Waals surface area contributed by atoms with Crippen molar-refractivity contribution in [1.29, 1.82) is 0 Å². The first-order chi connectivity index (χ1) is 12.0. The molecule has 0 atom stereocenters. The molecule has 1 fully saturated rings. The molecule has 1 aliphatic rings. The predicted molar refractivity (Wildman–Crippen MR) is 101 cm³/mol. The van der Waals surface area contributed by atoms with Gasteiger partial charge in [-0.3, -0.25) is 4.90 Å². The molecule has 0 bridgehead atoms. The summed E-state index contributed by atoms with van der Waals surface area (Å²) in [5.74, 6) is 0. The SMILES string of the molecule is CC(C)(CO)CCCNC(=O)N1CCCN(Cc2ccccc2)CC1. The Balaban J connectivity index is 1.70. The molecule has 1 aromatic rings. The van der Waals surface area contributed by atoms with E-state index in [0.717, 1.165) is 52.0 Å². The monoisotopic (exact) mass is 347 g/mol. The first-order valence-corrected chi connectivity index (χ1v) is 9.40. The van der Waals surface area contributed by atoms with E-state index in [4.69, 9.17) is 0 Å². The number of aliphatic hydroxyl groups excluding tert-OH is 1. The van der Waals surface area contributed by atoms with Gasteiger partial charge in [0.25, 0.3) is 0 Å². The minimum Gasteiger partial charge on any atom is -0.396 e. The van der Waals surface area contributed by atoms with Gasteiger partial charge in [-0.2, -0.15) is 0 Å². The highest BCUT2D eigenvalue weighted by Crippen LogP contribution is 2.20. The van der Waals surface area contributed by atoms with Crippen LogP contribution in [0, 0.1) is 5.41 Å². The van der Waals surface area contributed by atoms with Crippen LogP contribution in [0.3, 0.4) is 0 Å². The number of nitrogens with zero attached hydrogens (tertiary/aromatic N) is 2. The van der Waals surface area contributed by atoms with E-state index in [1.165, 1.54) is 5.56 Å². The van der Waals surface area contributed by atoms with Gasteiger partial charge in [0, 0.05) is 45.9 Å². The van der Waals surface area contributed by atoms with E-state index in [-0.39, 0.29) is 18.1 Å². The van der Waals surface area contributed by atoms with E-state index in [1.54, 1.807) is 0 Å². The molecule has 5 nitrogen and oxygen atoms in total. The van der Waals surface area contributed by atoms with E-state index >= 15 is 0 Å². The van der Waals surface area contributed by atoms with Crippen LogP contribution in [0.15, 0.2) is 30.3 Å². The third kappa shape index (κ3) is 7.04. The Labute approximate surface area is 152 Å². The second kappa shape index (κ2) is 9.78. The molecular formula is C20H33N3O2. The Bertz CT molecular complexity index is 519. The molecule has 1 saturated heterocycles. The van der Waals surface area contributed by atoms with Gasteiger partial charge in [0.15, 0.2) is 0 Å². The van der Waals surface area contributed by atoms with E-state index in [1.807, 2.05) is 24.8 Å². The fraction of sp³-hybridized carbons (Fsp3) is 0.650. The molecule has 1 heterocycles. The van der Waals surface area contributed by atoms with Crippen molar-refractivity contribution in [1.82, 2.24) is 15.1 Å². The number of carbonyl (C=O) groups excluding carboxylic acids is 1. The Morgan fingerprint density at radius 3 is 2.64 bits per heavy atom. The number of urea groups is 1. The van der Waals surface area contributed by atoms with Crippen LogP contribution in [-0.4, -0.2) is 60.3 Å². The average Bonchev–Trinajstić information content (AvgIpc) is 2.85. The molecule has 0 spiro atoms. The van der Waals surface area contributed by atoms with Gasteiger partial charge < -0.3 is 15.3 Å². The second-order valence-electron chi connectivity index (χ2n) is 7.76. The van der Waals surface area contributed by atoms with Crippen LogP contribution in [0.1, 0.15) is 38.7 Å². The van der Waals surface area contributed by atoms with Gasteiger partial charge in [0.05, 0.1) is 0 Å². The first-order valence-electron chi connectivity index (χ1n) is 9.40.